The second kappa shape index (κ2) is 6.33. The molecule has 0 bridgehead atoms. The largest absolute Gasteiger partial charge is 0.348 e. The van der Waals surface area contributed by atoms with E-state index in [0.717, 1.165) is 18.4 Å². The molecule has 0 saturated heterocycles. The Bertz CT molecular complexity index is 1030. The molecule has 5 nitrogen and oxygen atoms in total. The van der Waals surface area contributed by atoms with Crippen molar-refractivity contribution in [2.75, 3.05) is 0 Å². The van der Waals surface area contributed by atoms with E-state index in [0.29, 0.717) is 15.9 Å². The van der Waals surface area contributed by atoms with Gasteiger partial charge in [-0.25, -0.2) is 4.98 Å². The highest BCUT2D eigenvalue weighted by Gasteiger charge is 2.23. The van der Waals surface area contributed by atoms with Crippen LogP contribution < -0.4 is 10.9 Å². The van der Waals surface area contributed by atoms with E-state index in [4.69, 9.17) is 11.6 Å². The summed E-state index contributed by atoms with van der Waals surface area (Å²) in [6.45, 7) is -0.0625. The van der Waals surface area contributed by atoms with Crippen LogP contribution in [0.2, 0.25) is 5.02 Å². The third-order valence-corrected chi connectivity index (χ3v) is 4.80. The van der Waals surface area contributed by atoms with Gasteiger partial charge < -0.3 is 5.32 Å². The van der Waals surface area contributed by atoms with E-state index in [9.17, 15) is 9.59 Å². The summed E-state index contributed by atoms with van der Waals surface area (Å²) in [5.74, 6) is -0.202. The van der Waals surface area contributed by atoms with Crippen molar-refractivity contribution in [3.8, 4) is 0 Å². The van der Waals surface area contributed by atoms with Gasteiger partial charge in [-0.1, -0.05) is 35.9 Å². The maximum Gasteiger partial charge on any atom is 0.261 e. The molecule has 0 aliphatic heterocycles. The van der Waals surface area contributed by atoms with Gasteiger partial charge in [0.2, 0.25) is 5.91 Å². The predicted molar refractivity (Wildman–Crippen MR) is 96.7 cm³/mol. The van der Waals surface area contributed by atoms with E-state index in [-0.39, 0.29) is 24.1 Å². The number of carbonyl (C=O) groups excluding carboxylic acids is 1. The maximum absolute atomic E-state index is 12.5. The Kier molecular flexibility index (Phi) is 4.01. The SMILES string of the molecule is O=C(Cn1cnc2ccc(Cl)cc2c1=O)N[C@H]1CCc2ccccc21. The standard InChI is InChI=1S/C19H16ClN3O2/c20-13-6-8-16-15(9-13)19(25)23(11-21-16)10-18(24)22-17-7-5-12-3-1-2-4-14(12)17/h1-4,6,8-9,11,17H,5,7,10H2,(H,22,24)/t17-/m0/s1. The average molecular weight is 354 g/mol. The summed E-state index contributed by atoms with van der Waals surface area (Å²) in [6.07, 6.45) is 3.24. The van der Waals surface area contributed by atoms with E-state index in [2.05, 4.69) is 16.4 Å². The first kappa shape index (κ1) is 15.8. The van der Waals surface area contributed by atoms with E-state index in [1.165, 1.54) is 16.5 Å². The van der Waals surface area contributed by atoms with Gasteiger partial charge in [-0.2, -0.15) is 0 Å². The Morgan fingerprint density at radius 2 is 2.12 bits per heavy atom. The molecule has 1 atom stereocenters. The molecule has 1 amide bonds. The van der Waals surface area contributed by atoms with Crippen molar-refractivity contribution in [3.05, 3.63) is 75.3 Å². The molecule has 1 N–H and O–H groups in total. The molecule has 1 aromatic heterocycles. The molecule has 126 valence electrons. The normalized spacial score (nSPS) is 16.0. The molecular weight excluding hydrogens is 338 g/mol. The van der Waals surface area contributed by atoms with Gasteiger partial charge in [-0.15, -0.1) is 0 Å². The molecule has 0 fully saturated rings. The van der Waals surface area contributed by atoms with Crippen LogP contribution in [0.25, 0.3) is 10.9 Å². The van der Waals surface area contributed by atoms with Crippen LogP contribution in [0.5, 0.6) is 0 Å². The third kappa shape index (κ3) is 3.03. The van der Waals surface area contributed by atoms with Gasteiger partial charge in [0.05, 0.1) is 23.3 Å². The van der Waals surface area contributed by atoms with Gasteiger partial charge >= 0.3 is 0 Å². The molecule has 1 aliphatic rings. The fraction of sp³-hybridized carbons (Fsp3) is 0.211. The summed E-state index contributed by atoms with van der Waals surface area (Å²) in [6, 6.07) is 13.1. The Hall–Kier alpha value is -2.66. The number of benzene rings is 2. The van der Waals surface area contributed by atoms with Crippen molar-refractivity contribution in [3.63, 3.8) is 0 Å². The highest BCUT2D eigenvalue weighted by atomic mass is 35.5. The van der Waals surface area contributed by atoms with Crippen molar-refractivity contribution in [2.24, 2.45) is 0 Å². The van der Waals surface area contributed by atoms with Crippen molar-refractivity contribution < 1.29 is 4.79 Å². The molecule has 0 unspecified atom stereocenters. The first-order valence-electron chi connectivity index (χ1n) is 8.14. The summed E-state index contributed by atoms with van der Waals surface area (Å²) in [5.41, 5.74) is 2.73. The molecule has 6 heteroatoms. The first-order chi connectivity index (χ1) is 12.1. The molecule has 0 saturated carbocycles. The van der Waals surface area contributed by atoms with E-state index >= 15 is 0 Å². The minimum atomic E-state index is -0.269. The molecule has 25 heavy (non-hydrogen) atoms. The predicted octanol–water partition coefficient (Wildman–Crippen LogP) is 2.85. The summed E-state index contributed by atoms with van der Waals surface area (Å²) in [7, 11) is 0. The number of carbonyl (C=O) groups is 1. The number of rotatable bonds is 3. The van der Waals surface area contributed by atoms with Gasteiger partial charge in [0.1, 0.15) is 6.54 Å². The second-order valence-corrected chi connectivity index (χ2v) is 6.63. The highest BCUT2D eigenvalue weighted by molar-refractivity contribution is 6.31. The van der Waals surface area contributed by atoms with Crippen LogP contribution in [0.3, 0.4) is 0 Å². The zero-order valence-electron chi connectivity index (χ0n) is 13.4. The van der Waals surface area contributed by atoms with Crippen molar-refractivity contribution in [1.82, 2.24) is 14.9 Å². The third-order valence-electron chi connectivity index (χ3n) is 4.57. The van der Waals surface area contributed by atoms with Gasteiger partial charge in [0, 0.05) is 5.02 Å². The van der Waals surface area contributed by atoms with Crippen LogP contribution in [0.4, 0.5) is 0 Å². The lowest BCUT2D eigenvalue weighted by molar-refractivity contribution is -0.122. The molecule has 2 aromatic carbocycles. The molecule has 3 aromatic rings. The van der Waals surface area contributed by atoms with Crippen LogP contribution in [0, 0.1) is 0 Å². The topological polar surface area (TPSA) is 64.0 Å². The Morgan fingerprint density at radius 1 is 1.28 bits per heavy atom. The number of hydrogen-bond acceptors (Lipinski definition) is 3. The lowest BCUT2D eigenvalue weighted by atomic mass is 10.1. The Balaban J connectivity index is 1.55. The summed E-state index contributed by atoms with van der Waals surface area (Å²) >= 11 is 5.95. The van der Waals surface area contributed by atoms with E-state index in [1.807, 2.05) is 18.2 Å². The minimum absolute atomic E-state index is 0.00209. The monoisotopic (exact) mass is 353 g/mol. The van der Waals surface area contributed by atoms with Gasteiger partial charge in [0.25, 0.3) is 5.56 Å². The van der Waals surface area contributed by atoms with Crippen molar-refractivity contribution in [2.45, 2.75) is 25.4 Å². The smallest absolute Gasteiger partial charge is 0.261 e. The molecular formula is C19H16ClN3O2. The second-order valence-electron chi connectivity index (χ2n) is 6.20. The molecule has 4 rings (SSSR count). The number of aromatic nitrogens is 2. The van der Waals surface area contributed by atoms with Crippen LogP contribution in [-0.2, 0) is 17.8 Å². The summed E-state index contributed by atoms with van der Waals surface area (Å²) in [5, 5.41) is 3.90. The van der Waals surface area contributed by atoms with Crippen molar-refractivity contribution >= 4 is 28.4 Å². The number of nitrogens with one attached hydrogen (secondary N) is 1. The lowest BCUT2D eigenvalue weighted by Crippen LogP contribution is -2.34. The fourth-order valence-corrected chi connectivity index (χ4v) is 3.52. The number of halogens is 1. The summed E-state index contributed by atoms with van der Waals surface area (Å²) < 4.78 is 1.31. The Morgan fingerprint density at radius 3 is 3.00 bits per heavy atom. The van der Waals surface area contributed by atoms with E-state index in [1.54, 1.807) is 18.2 Å². The van der Waals surface area contributed by atoms with Crippen molar-refractivity contribution in [1.29, 1.82) is 0 Å². The zero-order valence-corrected chi connectivity index (χ0v) is 14.2. The number of nitrogens with zero attached hydrogens (tertiary/aromatic N) is 2. The van der Waals surface area contributed by atoms with Crippen LogP contribution in [0.15, 0.2) is 53.6 Å². The Labute approximate surface area is 149 Å². The highest BCUT2D eigenvalue weighted by Crippen LogP contribution is 2.30. The number of amides is 1. The van der Waals surface area contributed by atoms with Crippen LogP contribution in [-0.4, -0.2) is 15.5 Å². The van der Waals surface area contributed by atoms with E-state index < -0.39 is 0 Å². The number of fused-ring (bicyclic) bond motifs is 2. The maximum atomic E-state index is 12.5. The van der Waals surface area contributed by atoms with Gasteiger partial charge in [0.15, 0.2) is 0 Å². The molecule has 0 radical (unpaired) electrons. The molecule has 0 spiro atoms. The lowest BCUT2D eigenvalue weighted by Gasteiger charge is -2.15. The minimum Gasteiger partial charge on any atom is -0.348 e. The fourth-order valence-electron chi connectivity index (χ4n) is 3.35. The zero-order chi connectivity index (χ0) is 17.4. The van der Waals surface area contributed by atoms with Gasteiger partial charge in [-0.05, 0) is 42.2 Å². The first-order valence-corrected chi connectivity index (χ1v) is 8.51. The number of aryl methyl sites for hydroxylation is 1. The van der Waals surface area contributed by atoms with Crippen LogP contribution in [0.1, 0.15) is 23.6 Å². The van der Waals surface area contributed by atoms with Gasteiger partial charge in [-0.3, -0.25) is 14.2 Å². The number of hydrogen-bond donors (Lipinski definition) is 1. The van der Waals surface area contributed by atoms with Crippen LogP contribution >= 0.6 is 11.6 Å². The molecule has 1 heterocycles. The quantitative estimate of drug-likeness (QED) is 0.787. The average Bonchev–Trinajstić information content (AvgIpc) is 3.01. The summed E-state index contributed by atoms with van der Waals surface area (Å²) in [4.78, 5) is 29.2. The molecule has 1 aliphatic carbocycles.